The number of hydrogen-bond donors (Lipinski definition) is 3. The van der Waals surface area contributed by atoms with E-state index in [1.807, 2.05) is 24.3 Å². The summed E-state index contributed by atoms with van der Waals surface area (Å²) in [6, 6.07) is 15.3. The third-order valence-electron chi connectivity index (χ3n) is 3.15. The van der Waals surface area contributed by atoms with Gasteiger partial charge >= 0.3 is 13.1 Å². The normalized spacial score (nSPS) is 10.6. The van der Waals surface area contributed by atoms with Crippen LogP contribution < -0.4 is 10.2 Å². The first-order valence-corrected chi connectivity index (χ1v) is 6.39. The molecule has 6 heteroatoms. The highest BCUT2D eigenvalue weighted by atomic mass is 16.5. The molecule has 0 unspecified atom stereocenters. The Morgan fingerprint density at radius 2 is 1.76 bits per heavy atom. The van der Waals surface area contributed by atoms with Crippen LogP contribution in [0, 0.1) is 0 Å². The molecule has 0 amide bonds. The van der Waals surface area contributed by atoms with Gasteiger partial charge in [0.25, 0.3) is 0 Å². The standard InChI is InChI=1S/C15H12BNO4/c18-15(10-5-7-12(8-6-10)16(19)20)21-14-9-11-3-1-2-4-13(11)17-14/h1-9,17,19-20H. The largest absolute Gasteiger partial charge is 0.488 e. The number of aromatic nitrogens is 1. The number of H-pyrrole nitrogens is 1. The molecule has 1 heterocycles. The highest BCUT2D eigenvalue weighted by molar-refractivity contribution is 6.58. The summed E-state index contributed by atoms with van der Waals surface area (Å²) in [4.78, 5) is 15.0. The molecule has 0 saturated carbocycles. The van der Waals surface area contributed by atoms with Crippen molar-refractivity contribution >= 4 is 29.5 Å². The molecule has 5 nitrogen and oxygen atoms in total. The summed E-state index contributed by atoms with van der Waals surface area (Å²) < 4.78 is 5.27. The number of benzene rings is 2. The van der Waals surface area contributed by atoms with Crippen molar-refractivity contribution in [1.29, 1.82) is 0 Å². The topological polar surface area (TPSA) is 82.6 Å². The molecule has 0 aliphatic rings. The lowest BCUT2D eigenvalue weighted by atomic mass is 9.80. The molecule has 0 saturated heterocycles. The summed E-state index contributed by atoms with van der Waals surface area (Å²) in [5.41, 5.74) is 1.54. The van der Waals surface area contributed by atoms with Gasteiger partial charge in [0.05, 0.1) is 5.56 Å². The fraction of sp³-hybridized carbons (Fsp3) is 0. The number of para-hydroxylation sites is 1. The van der Waals surface area contributed by atoms with Crippen LogP contribution in [0.2, 0.25) is 0 Å². The van der Waals surface area contributed by atoms with Crippen LogP contribution in [0.1, 0.15) is 10.4 Å². The number of ether oxygens (including phenoxy) is 1. The van der Waals surface area contributed by atoms with E-state index in [9.17, 15) is 4.79 Å². The quantitative estimate of drug-likeness (QED) is 0.495. The molecular weight excluding hydrogens is 269 g/mol. The molecule has 0 bridgehead atoms. The molecule has 3 aromatic rings. The van der Waals surface area contributed by atoms with Gasteiger partial charge in [-0.3, -0.25) is 0 Å². The lowest BCUT2D eigenvalue weighted by molar-refractivity contribution is 0.0729. The maximum absolute atomic E-state index is 12.0. The van der Waals surface area contributed by atoms with Crippen molar-refractivity contribution in [3.8, 4) is 5.88 Å². The first-order chi connectivity index (χ1) is 10.1. The van der Waals surface area contributed by atoms with Crippen molar-refractivity contribution < 1.29 is 19.6 Å². The van der Waals surface area contributed by atoms with Crippen LogP contribution in [0.3, 0.4) is 0 Å². The third-order valence-corrected chi connectivity index (χ3v) is 3.15. The van der Waals surface area contributed by atoms with Crippen LogP contribution in [0.5, 0.6) is 5.88 Å². The fourth-order valence-electron chi connectivity index (χ4n) is 2.05. The zero-order chi connectivity index (χ0) is 14.8. The minimum absolute atomic E-state index is 0.317. The number of aromatic amines is 1. The van der Waals surface area contributed by atoms with E-state index in [1.165, 1.54) is 24.3 Å². The first kappa shape index (κ1) is 13.4. The molecular formula is C15H12BNO4. The molecule has 3 N–H and O–H groups in total. The second kappa shape index (κ2) is 5.44. The zero-order valence-electron chi connectivity index (χ0n) is 11.0. The Kier molecular flexibility index (Phi) is 3.47. The second-order valence-electron chi connectivity index (χ2n) is 4.61. The number of rotatable bonds is 3. The van der Waals surface area contributed by atoms with Gasteiger partial charge in [0, 0.05) is 17.0 Å². The van der Waals surface area contributed by atoms with Crippen molar-refractivity contribution in [2.75, 3.05) is 0 Å². The Bertz CT molecular complexity index is 747. The number of hydrogen-bond acceptors (Lipinski definition) is 4. The molecule has 0 atom stereocenters. The average Bonchev–Trinajstić information content (AvgIpc) is 2.89. The van der Waals surface area contributed by atoms with Gasteiger partial charge in [0.1, 0.15) is 0 Å². The number of carbonyl (C=O) groups excluding carboxylic acids is 1. The van der Waals surface area contributed by atoms with Crippen LogP contribution in [0.25, 0.3) is 10.9 Å². The Balaban J connectivity index is 1.79. The molecule has 0 aliphatic heterocycles. The number of carbonyl (C=O) groups is 1. The van der Waals surface area contributed by atoms with E-state index < -0.39 is 13.1 Å². The summed E-state index contributed by atoms with van der Waals surface area (Å²) in [6.07, 6.45) is 0. The molecule has 2 aromatic carbocycles. The maximum atomic E-state index is 12.0. The van der Waals surface area contributed by atoms with E-state index in [-0.39, 0.29) is 0 Å². The average molecular weight is 281 g/mol. The molecule has 21 heavy (non-hydrogen) atoms. The monoisotopic (exact) mass is 281 g/mol. The van der Waals surface area contributed by atoms with Crippen LogP contribution in [-0.2, 0) is 0 Å². The lowest BCUT2D eigenvalue weighted by Gasteiger charge is -2.03. The van der Waals surface area contributed by atoms with Crippen LogP contribution in [-0.4, -0.2) is 28.1 Å². The van der Waals surface area contributed by atoms with Crippen molar-refractivity contribution in [2.24, 2.45) is 0 Å². The smallest absolute Gasteiger partial charge is 0.423 e. The molecule has 0 radical (unpaired) electrons. The predicted octanol–water partition coefficient (Wildman–Crippen LogP) is 1.07. The highest BCUT2D eigenvalue weighted by Gasteiger charge is 2.14. The molecule has 3 rings (SSSR count). The van der Waals surface area contributed by atoms with Gasteiger partial charge < -0.3 is 19.8 Å². The minimum Gasteiger partial charge on any atom is -0.423 e. The van der Waals surface area contributed by atoms with Gasteiger partial charge in [-0.1, -0.05) is 30.3 Å². The predicted molar refractivity (Wildman–Crippen MR) is 79.5 cm³/mol. The third kappa shape index (κ3) is 2.81. The van der Waals surface area contributed by atoms with E-state index in [0.29, 0.717) is 16.9 Å². The van der Waals surface area contributed by atoms with Gasteiger partial charge in [-0.2, -0.15) is 0 Å². The van der Waals surface area contributed by atoms with Gasteiger partial charge in [0.15, 0.2) is 0 Å². The fourth-order valence-corrected chi connectivity index (χ4v) is 2.05. The van der Waals surface area contributed by atoms with E-state index in [0.717, 1.165) is 10.9 Å². The number of fused-ring (bicyclic) bond motifs is 1. The molecule has 104 valence electrons. The van der Waals surface area contributed by atoms with Crippen LogP contribution >= 0.6 is 0 Å². The van der Waals surface area contributed by atoms with Crippen molar-refractivity contribution in [2.45, 2.75) is 0 Å². The Morgan fingerprint density at radius 1 is 1.05 bits per heavy atom. The molecule has 0 spiro atoms. The highest BCUT2D eigenvalue weighted by Crippen LogP contribution is 2.20. The first-order valence-electron chi connectivity index (χ1n) is 6.39. The molecule has 0 aliphatic carbocycles. The van der Waals surface area contributed by atoms with Crippen molar-refractivity contribution in [3.05, 3.63) is 60.2 Å². The summed E-state index contributed by atoms with van der Waals surface area (Å²) >= 11 is 0. The second-order valence-corrected chi connectivity index (χ2v) is 4.61. The van der Waals surface area contributed by atoms with Crippen LogP contribution in [0.15, 0.2) is 54.6 Å². The summed E-state index contributed by atoms with van der Waals surface area (Å²) in [6.45, 7) is 0. The Hall–Kier alpha value is -2.57. The molecule has 0 fully saturated rings. The van der Waals surface area contributed by atoms with E-state index in [1.54, 1.807) is 6.07 Å². The van der Waals surface area contributed by atoms with Crippen molar-refractivity contribution in [1.82, 2.24) is 4.98 Å². The SMILES string of the molecule is O=C(Oc1cc2ccccc2[nH]1)c1ccc(B(O)O)cc1. The summed E-state index contributed by atoms with van der Waals surface area (Å²) in [7, 11) is -1.55. The van der Waals surface area contributed by atoms with E-state index in [4.69, 9.17) is 14.8 Å². The van der Waals surface area contributed by atoms with Gasteiger partial charge in [0.2, 0.25) is 5.88 Å². The zero-order valence-corrected chi connectivity index (χ0v) is 11.0. The maximum Gasteiger partial charge on any atom is 0.488 e. The van der Waals surface area contributed by atoms with Gasteiger partial charge in [-0.05, 0) is 23.7 Å². The van der Waals surface area contributed by atoms with E-state index in [2.05, 4.69) is 4.98 Å². The number of esters is 1. The van der Waals surface area contributed by atoms with Crippen molar-refractivity contribution in [3.63, 3.8) is 0 Å². The minimum atomic E-state index is -1.55. The summed E-state index contributed by atoms with van der Waals surface area (Å²) in [5, 5.41) is 19.0. The molecule has 1 aromatic heterocycles. The lowest BCUT2D eigenvalue weighted by Crippen LogP contribution is -2.29. The van der Waals surface area contributed by atoms with E-state index >= 15 is 0 Å². The van der Waals surface area contributed by atoms with Crippen LogP contribution in [0.4, 0.5) is 0 Å². The number of nitrogens with one attached hydrogen (secondary N) is 1. The Labute approximate surface area is 121 Å². The van der Waals surface area contributed by atoms with Gasteiger partial charge in [-0.15, -0.1) is 0 Å². The Morgan fingerprint density at radius 3 is 2.43 bits per heavy atom. The van der Waals surface area contributed by atoms with Gasteiger partial charge in [-0.25, -0.2) is 4.79 Å². The summed E-state index contributed by atoms with van der Waals surface area (Å²) in [5.74, 6) is -0.145.